The summed E-state index contributed by atoms with van der Waals surface area (Å²) in [6.45, 7) is -0.397. The van der Waals surface area contributed by atoms with E-state index in [1.807, 2.05) is 30.5 Å². The number of carbonyl (C=O) groups excluding carboxylic acids is 3. The van der Waals surface area contributed by atoms with Crippen molar-refractivity contribution in [3.05, 3.63) is 59.8 Å². The molecule has 2 aromatic carbocycles. The molecular formula is C20H19N3O4S. The van der Waals surface area contributed by atoms with E-state index in [0.717, 1.165) is 15.4 Å². The van der Waals surface area contributed by atoms with Gasteiger partial charge < -0.3 is 15.4 Å². The third-order valence-electron chi connectivity index (χ3n) is 4.07. The van der Waals surface area contributed by atoms with Crippen molar-refractivity contribution in [2.45, 2.75) is 4.90 Å². The molecule has 1 aliphatic heterocycles. The van der Waals surface area contributed by atoms with E-state index in [1.165, 1.54) is 7.11 Å². The summed E-state index contributed by atoms with van der Waals surface area (Å²) < 4.78 is 5.17. The maximum atomic E-state index is 12.5. The summed E-state index contributed by atoms with van der Waals surface area (Å²) in [4.78, 5) is 38.9. The lowest BCUT2D eigenvalue weighted by molar-refractivity contribution is -0.127. The minimum absolute atomic E-state index is 0.131. The number of anilines is 1. The van der Waals surface area contributed by atoms with E-state index in [-0.39, 0.29) is 5.70 Å². The van der Waals surface area contributed by atoms with E-state index < -0.39 is 24.4 Å². The minimum atomic E-state index is -0.632. The Labute approximate surface area is 166 Å². The number of rotatable bonds is 6. The second-order valence-corrected chi connectivity index (χ2v) is 6.78. The van der Waals surface area contributed by atoms with Crippen LogP contribution in [0.1, 0.15) is 5.56 Å². The van der Waals surface area contributed by atoms with Crippen LogP contribution in [-0.4, -0.2) is 42.7 Å². The van der Waals surface area contributed by atoms with Crippen molar-refractivity contribution in [2.24, 2.45) is 0 Å². The molecule has 1 aliphatic rings. The summed E-state index contributed by atoms with van der Waals surface area (Å²) in [5, 5.41) is 5.16. The highest BCUT2D eigenvalue weighted by Gasteiger charge is 2.35. The van der Waals surface area contributed by atoms with Crippen molar-refractivity contribution >= 4 is 41.4 Å². The topological polar surface area (TPSA) is 87.7 Å². The predicted molar refractivity (Wildman–Crippen MR) is 108 cm³/mol. The molecule has 0 radical (unpaired) electrons. The largest absolute Gasteiger partial charge is 0.495 e. The molecule has 0 spiro atoms. The second kappa shape index (κ2) is 8.62. The van der Waals surface area contributed by atoms with Crippen molar-refractivity contribution in [1.29, 1.82) is 0 Å². The summed E-state index contributed by atoms with van der Waals surface area (Å²) in [7, 11) is 1.49. The van der Waals surface area contributed by atoms with Gasteiger partial charge in [0.1, 0.15) is 18.0 Å². The van der Waals surface area contributed by atoms with E-state index in [2.05, 4.69) is 10.6 Å². The third kappa shape index (κ3) is 4.34. The molecule has 3 rings (SSSR count). The lowest BCUT2D eigenvalue weighted by Crippen LogP contribution is -2.38. The first-order valence-corrected chi connectivity index (χ1v) is 9.65. The van der Waals surface area contributed by atoms with E-state index in [9.17, 15) is 14.4 Å². The van der Waals surface area contributed by atoms with Crippen molar-refractivity contribution in [1.82, 2.24) is 10.2 Å². The van der Waals surface area contributed by atoms with Gasteiger partial charge in [-0.05, 0) is 42.2 Å². The van der Waals surface area contributed by atoms with Crippen LogP contribution in [0.5, 0.6) is 5.75 Å². The highest BCUT2D eigenvalue weighted by molar-refractivity contribution is 7.98. The Bertz CT molecular complexity index is 941. The molecular weight excluding hydrogens is 378 g/mol. The van der Waals surface area contributed by atoms with Crippen LogP contribution in [0, 0.1) is 0 Å². The van der Waals surface area contributed by atoms with Crippen LogP contribution < -0.4 is 15.4 Å². The fourth-order valence-electron chi connectivity index (χ4n) is 2.66. The molecule has 0 bridgehead atoms. The van der Waals surface area contributed by atoms with Crippen molar-refractivity contribution in [3.8, 4) is 5.75 Å². The van der Waals surface area contributed by atoms with Gasteiger partial charge in [-0.1, -0.05) is 24.3 Å². The lowest BCUT2D eigenvalue weighted by atomic mass is 10.2. The summed E-state index contributed by atoms with van der Waals surface area (Å²) in [5.74, 6) is -0.560. The van der Waals surface area contributed by atoms with Gasteiger partial charge in [0.25, 0.3) is 5.91 Å². The smallest absolute Gasteiger partial charge is 0.329 e. The summed E-state index contributed by atoms with van der Waals surface area (Å²) in [5.41, 5.74) is 1.38. The number of methoxy groups -OCH3 is 1. The number of hydrogen-bond acceptors (Lipinski definition) is 5. The normalized spacial score (nSPS) is 14.9. The maximum Gasteiger partial charge on any atom is 0.329 e. The number of hydrogen-bond donors (Lipinski definition) is 2. The Balaban J connectivity index is 1.69. The molecule has 4 amide bonds. The van der Waals surface area contributed by atoms with Crippen LogP contribution in [0.4, 0.5) is 10.5 Å². The average Bonchev–Trinajstić information content (AvgIpc) is 2.96. The molecule has 28 heavy (non-hydrogen) atoms. The zero-order chi connectivity index (χ0) is 20.1. The number of para-hydroxylation sites is 2. The van der Waals surface area contributed by atoms with E-state index in [1.54, 1.807) is 42.1 Å². The molecule has 0 aliphatic carbocycles. The maximum absolute atomic E-state index is 12.5. The van der Waals surface area contributed by atoms with Gasteiger partial charge in [0.2, 0.25) is 5.91 Å². The molecule has 1 saturated heterocycles. The van der Waals surface area contributed by atoms with Gasteiger partial charge >= 0.3 is 6.03 Å². The fourth-order valence-corrected chi connectivity index (χ4v) is 3.07. The van der Waals surface area contributed by atoms with Crippen molar-refractivity contribution in [3.63, 3.8) is 0 Å². The zero-order valence-electron chi connectivity index (χ0n) is 15.4. The van der Waals surface area contributed by atoms with Gasteiger partial charge in [-0.25, -0.2) is 9.69 Å². The van der Waals surface area contributed by atoms with Gasteiger partial charge in [0, 0.05) is 4.90 Å². The van der Waals surface area contributed by atoms with Crippen LogP contribution >= 0.6 is 11.8 Å². The number of benzene rings is 2. The minimum Gasteiger partial charge on any atom is -0.495 e. The van der Waals surface area contributed by atoms with E-state index >= 15 is 0 Å². The molecule has 0 unspecified atom stereocenters. The number of nitrogens with zero attached hydrogens (tertiary/aromatic N) is 1. The number of imide groups is 1. The number of amides is 4. The predicted octanol–water partition coefficient (Wildman–Crippen LogP) is 2.95. The monoisotopic (exact) mass is 397 g/mol. The summed E-state index contributed by atoms with van der Waals surface area (Å²) in [6, 6.07) is 13.8. The highest BCUT2D eigenvalue weighted by atomic mass is 32.2. The van der Waals surface area contributed by atoms with Crippen LogP contribution in [0.3, 0.4) is 0 Å². The molecule has 2 aromatic rings. The van der Waals surface area contributed by atoms with Gasteiger partial charge in [0.15, 0.2) is 0 Å². The van der Waals surface area contributed by atoms with Gasteiger partial charge in [-0.3, -0.25) is 9.59 Å². The summed E-state index contributed by atoms with van der Waals surface area (Å²) >= 11 is 1.61. The Morgan fingerprint density at radius 3 is 2.57 bits per heavy atom. The summed E-state index contributed by atoms with van der Waals surface area (Å²) in [6.07, 6.45) is 3.56. The van der Waals surface area contributed by atoms with Crippen LogP contribution in [0.2, 0.25) is 0 Å². The Morgan fingerprint density at radius 1 is 1.18 bits per heavy atom. The highest BCUT2D eigenvalue weighted by Crippen LogP contribution is 2.23. The molecule has 0 saturated carbocycles. The van der Waals surface area contributed by atoms with Crippen LogP contribution in [0.25, 0.3) is 6.08 Å². The molecule has 2 N–H and O–H groups in total. The first-order valence-electron chi connectivity index (χ1n) is 8.43. The van der Waals surface area contributed by atoms with Crippen LogP contribution in [-0.2, 0) is 9.59 Å². The van der Waals surface area contributed by atoms with Crippen LogP contribution in [0.15, 0.2) is 59.1 Å². The Morgan fingerprint density at radius 2 is 1.89 bits per heavy atom. The van der Waals surface area contributed by atoms with Gasteiger partial charge in [-0.2, -0.15) is 0 Å². The molecule has 7 nitrogen and oxygen atoms in total. The van der Waals surface area contributed by atoms with E-state index in [4.69, 9.17) is 4.74 Å². The first kappa shape index (κ1) is 19.5. The Hall–Kier alpha value is -3.26. The number of thioether (sulfide) groups is 1. The third-order valence-corrected chi connectivity index (χ3v) is 4.82. The zero-order valence-corrected chi connectivity index (χ0v) is 16.2. The molecule has 0 aromatic heterocycles. The average molecular weight is 397 g/mol. The van der Waals surface area contributed by atoms with E-state index in [0.29, 0.717) is 11.4 Å². The first-order chi connectivity index (χ1) is 13.5. The number of carbonyl (C=O) groups is 3. The number of ether oxygens (including phenoxy) is 1. The van der Waals surface area contributed by atoms with Crippen molar-refractivity contribution < 1.29 is 19.1 Å². The molecule has 1 fully saturated rings. The Kier molecular flexibility index (Phi) is 6.00. The standard InChI is InChI=1S/C20H19N3O4S/c1-27-17-6-4-3-5-15(17)21-18(24)12-23-19(25)16(22-20(23)26)11-13-7-9-14(28-2)10-8-13/h3-11H,12H2,1-2H3,(H,21,24)(H,22,26)/b16-11+. The van der Waals surface area contributed by atoms with Gasteiger partial charge in [0.05, 0.1) is 12.8 Å². The van der Waals surface area contributed by atoms with Crippen molar-refractivity contribution in [2.75, 3.05) is 25.2 Å². The quantitative estimate of drug-likeness (QED) is 0.445. The second-order valence-electron chi connectivity index (χ2n) is 5.90. The molecule has 1 heterocycles. The SMILES string of the molecule is COc1ccccc1NC(=O)CN1C(=O)N/C(=C/c2ccc(SC)cc2)C1=O. The van der Waals surface area contributed by atoms with Gasteiger partial charge in [-0.15, -0.1) is 11.8 Å². The molecule has 0 atom stereocenters. The number of nitrogens with one attached hydrogen (secondary N) is 2. The number of urea groups is 1. The molecule has 144 valence electrons. The molecule has 8 heteroatoms. The fraction of sp³-hybridized carbons (Fsp3) is 0.150. The lowest BCUT2D eigenvalue weighted by Gasteiger charge is -2.13.